The second-order valence-corrected chi connectivity index (χ2v) is 19.6. The van der Waals surface area contributed by atoms with Gasteiger partial charge in [-0.3, -0.25) is 14.5 Å². The lowest BCUT2D eigenvalue weighted by Crippen LogP contribution is -2.58. The van der Waals surface area contributed by atoms with E-state index in [1.54, 1.807) is 44.4 Å². The molecule has 0 radical (unpaired) electrons. The first-order valence-electron chi connectivity index (χ1n) is 21.2. The van der Waals surface area contributed by atoms with E-state index >= 15 is 0 Å². The van der Waals surface area contributed by atoms with E-state index in [0.717, 1.165) is 74.2 Å². The van der Waals surface area contributed by atoms with Crippen LogP contribution in [0.1, 0.15) is 84.7 Å². The van der Waals surface area contributed by atoms with Gasteiger partial charge in [0.1, 0.15) is 18.0 Å². The number of Topliss-reactive ketones (excluding diaryl/α,β-unsaturated/α-hetero) is 1. The van der Waals surface area contributed by atoms with Crippen LogP contribution in [-0.4, -0.2) is 106 Å². The topological polar surface area (TPSA) is 149 Å². The minimum atomic E-state index is -4.02. The molecule has 12 nitrogen and oxygen atoms in total. The number of carbonyl (C=O) groups excluding carboxylic acids is 2. The van der Waals surface area contributed by atoms with Gasteiger partial charge < -0.3 is 29.3 Å². The lowest BCUT2D eigenvalue weighted by atomic mass is 9.63. The third-order valence-electron chi connectivity index (χ3n) is 13.5. The number of carbonyl (C=O) groups is 2. The Morgan fingerprint density at radius 3 is 2.47 bits per heavy atom. The Morgan fingerprint density at radius 2 is 1.77 bits per heavy atom. The Morgan fingerprint density at radius 1 is 0.983 bits per heavy atom. The predicted octanol–water partition coefficient (Wildman–Crippen LogP) is 5.22. The molecule has 3 aliphatic heterocycles. The van der Waals surface area contributed by atoms with E-state index in [0.29, 0.717) is 55.5 Å². The van der Waals surface area contributed by atoms with Crippen LogP contribution in [0.5, 0.6) is 5.75 Å². The number of piperazine rings is 1. The average molecular weight is 861 g/mol. The number of hydrogen-bond donors (Lipinski definition) is 3. The molecular formula is C45H58BClN4O8S. The molecule has 5 atom stereocenters. The number of nitrogens with zero attached hydrogens (tertiary/aromatic N) is 3. The Labute approximate surface area is 360 Å². The summed E-state index contributed by atoms with van der Waals surface area (Å²) in [5.74, 6) is -0.117. The van der Waals surface area contributed by atoms with Crippen LogP contribution in [0.3, 0.4) is 0 Å². The summed E-state index contributed by atoms with van der Waals surface area (Å²) in [4.78, 5) is 33.1. The van der Waals surface area contributed by atoms with Gasteiger partial charge in [-0.25, -0.2) is 13.1 Å². The number of ether oxygens (including phenoxy) is 2. The fourth-order valence-corrected chi connectivity index (χ4v) is 10.9. The lowest BCUT2D eigenvalue weighted by molar-refractivity contribution is -0.0919. The molecule has 1 amide bonds. The van der Waals surface area contributed by atoms with Gasteiger partial charge in [-0.05, 0) is 129 Å². The second-order valence-electron chi connectivity index (χ2n) is 17.2. The highest BCUT2D eigenvalue weighted by atomic mass is 35.5. The summed E-state index contributed by atoms with van der Waals surface area (Å²) in [6.45, 7) is 10.3. The van der Waals surface area contributed by atoms with Gasteiger partial charge in [0.2, 0.25) is 10.0 Å². The Bertz CT molecular complexity index is 2200. The maximum Gasteiger partial charge on any atom is 0.489 e. The first-order chi connectivity index (χ1) is 28.7. The van der Waals surface area contributed by atoms with Crippen molar-refractivity contribution in [3.63, 3.8) is 0 Å². The molecule has 0 unspecified atom stereocenters. The fourth-order valence-electron chi connectivity index (χ4n) is 9.42. The van der Waals surface area contributed by atoms with Crippen LogP contribution in [0.4, 0.5) is 11.4 Å². The monoisotopic (exact) mass is 860 g/mol. The molecule has 0 aromatic heterocycles. The molecule has 15 heteroatoms. The molecule has 60 heavy (non-hydrogen) atoms. The zero-order valence-electron chi connectivity index (χ0n) is 35.1. The molecule has 2 bridgehead atoms. The Hall–Kier alpha value is -3.92. The molecule has 3 heterocycles. The fraction of sp³-hybridized carbons (Fsp3) is 0.511. The maximum absolute atomic E-state index is 13.7. The van der Waals surface area contributed by atoms with Crippen molar-refractivity contribution in [1.29, 1.82) is 0 Å². The smallest absolute Gasteiger partial charge is 0.487 e. The van der Waals surface area contributed by atoms with Crippen molar-refractivity contribution in [2.75, 3.05) is 62.7 Å². The molecule has 2 fully saturated rings. The van der Waals surface area contributed by atoms with Crippen LogP contribution < -0.4 is 24.7 Å². The normalized spacial score (nSPS) is 26.9. The van der Waals surface area contributed by atoms with Crippen LogP contribution in [0.15, 0.2) is 66.7 Å². The second kappa shape index (κ2) is 18.6. The van der Waals surface area contributed by atoms with Crippen LogP contribution >= 0.6 is 11.6 Å². The molecular weight excluding hydrogens is 803 g/mol. The molecule has 0 spiro atoms. The number of methoxy groups -OCH3 is 1. The number of ketones is 1. The highest BCUT2D eigenvalue weighted by Gasteiger charge is 2.48. The van der Waals surface area contributed by atoms with Gasteiger partial charge in [0.05, 0.1) is 10.9 Å². The zero-order valence-corrected chi connectivity index (χ0v) is 36.7. The standard InChI is InChI=1S/C45H58BClN4O8S/c1-30-8-7-18-45(58-4,29-49-20-22-50(23-21-49)38-14-16-41(46(54)55)39(26-38)31(2)52)40-15-11-35(40)27-51-19-6-5-9-33-24-37(47)13-10-36(33)28-59-43-17-12-34(25-42(43)51)44(53)48-60(56,57)32(30)3/h7,10,12-14,16-18,24-26,30,32,35,40,54-55H,5-6,8-9,11,15,19-23,27-29H2,1-4H3,(H,48,53)/b18-7+/t30-,32+,35-,40+,45+/m0/s1. The van der Waals surface area contributed by atoms with Crippen molar-refractivity contribution in [3.05, 3.63) is 94.0 Å². The Kier molecular flexibility index (Phi) is 13.7. The molecule has 3 N–H and O–H groups in total. The first-order valence-corrected chi connectivity index (χ1v) is 23.2. The Balaban J connectivity index is 1.19. The predicted molar refractivity (Wildman–Crippen MR) is 237 cm³/mol. The van der Waals surface area contributed by atoms with Crippen molar-refractivity contribution >= 4 is 57.3 Å². The number of nitrogens with one attached hydrogen (secondary N) is 1. The number of aryl methyl sites for hydroxylation is 1. The first kappa shape index (κ1) is 44.2. The summed E-state index contributed by atoms with van der Waals surface area (Å²) in [6, 6.07) is 16.3. The van der Waals surface area contributed by atoms with Crippen molar-refractivity contribution in [2.45, 2.75) is 76.8 Å². The molecule has 1 aliphatic carbocycles. The third-order valence-corrected chi connectivity index (χ3v) is 15.6. The summed E-state index contributed by atoms with van der Waals surface area (Å²) in [7, 11) is -3.96. The summed E-state index contributed by atoms with van der Waals surface area (Å²) in [5.41, 5.74) is 3.94. The summed E-state index contributed by atoms with van der Waals surface area (Å²) >= 11 is 6.42. The van der Waals surface area contributed by atoms with Crippen LogP contribution in [0, 0.1) is 17.8 Å². The number of amides is 1. The number of fused-ring (bicyclic) bond motifs is 3. The molecule has 322 valence electrons. The van der Waals surface area contributed by atoms with Crippen molar-refractivity contribution in [2.24, 2.45) is 17.8 Å². The number of rotatable bonds is 6. The van der Waals surface area contributed by atoms with E-state index in [1.807, 2.05) is 31.2 Å². The van der Waals surface area contributed by atoms with Gasteiger partial charge >= 0.3 is 7.12 Å². The molecule has 4 aliphatic rings. The minimum absolute atomic E-state index is 0.164. The number of benzene rings is 3. The van der Waals surface area contributed by atoms with Crippen LogP contribution in [0.25, 0.3) is 0 Å². The van der Waals surface area contributed by atoms with Crippen LogP contribution in [0.2, 0.25) is 5.02 Å². The van der Waals surface area contributed by atoms with Crippen LogP contribution in [-0.2, 0) is 27.8 Å². The van der Waals surface area contributed by atoms with Crippen molar-refractivity contribution in [1.82, 2.24) is 9.62 Å². The number of sulfonamides is 1. The molecule has 3 aromatic carbocycles. The van der Waals surface area contributed by atoms with Crippen molar-refractivity contribution < 1.29 is 37.5 Å². The van der Waals surface area contributed by atoms with E-state index in [1.165, 1.54) is 6.92 Å². The largest absolute Gasteiger partial charge is 0.489 e. The number of anilines is 2. The molecule has 1 saturated heterocycles. The van der Waals surface area contributed by atoms with Gasteiger partial charge in [0.15, 0.2) is 5.78 Å². The summed E-state index contributed by atoms with van der Waals surface area (Å²) < 4.78 is 42.9. The molecule has 7 rings (SSSR count). The van der Waals surface area contributed by atoms with E-state index in [9.17, 15) is 28.1 Å². The number of hydrogen-bond acceptors (Lipinski definition) is 11. The van der Waals surface area contributed by atoms with Gasteiger partial charge in [-0.15, -0.1) is 0 Å². The minimum Gasteiger partial charge on any atom is -0.487 e. The van der Waals surface area contributed by atoms with Gasteiger partial charge in [-0.1, -0.05) is 42.8 Å². The van der Waals surface area contributed by atoms with E-state index in [4.69, 9.17) is 21.1 Å². The maximum atomic E-state index is 13.7. The van der Waals surface area contributed by atoms with E-state index in [2.05, 4.69) is 31.6 Å². The van der Waals surface area contributed by atoms with E-state index in [-0.39, 0.29) is 34.6 Å². The SMILES string of the molecule is CO[C@@]1(CN2CCN(c3ccc(B(O)O)c(C(C)=O)c3)CC2)/C=C/C[C@H](C)[C@@H](C)S(=O)(=O)NC(=O)c2ccc3c(c2)N(CCCCc2cc(Cl)ccc2CO3)C[C@@H]2CC[C@H]21. The number of halogens is 1. The van der Waals surface area contributed by atoms with Crippen molar-refractivity contribution in [3.8, 4) is 5.75 Å². The third kappa shape index (κ3) is 9.59. The molecule has 1 saturated carbocycles. The highest BCUT2D eigenvalue weighted by molar-refractivity contribution is 7.90. The van der Waals surface area contributed by atoms with Gasteiger partial charge in [0.25, 0.3) is 5.91 Å². The summed E-state index contributed by atoms with van der Waals surface area (Å²) in [6.07, 6.45) is 9.40. The molecule has 3 aromatic rings. The zero-order chi connectivity index (χ0) is 42.8. The van der Waals surface area contributed by atoms with Gasteiger partial charge in [0, 0.05) is 74.8 Å². The number of allylic oxidation sites excluding steroid dienone is 1. The summed E-state index contributed by atoms with van der Waals surface area (Å²) in [5, 5.41) is 19.5. The lowest BCUT2D eigenvalue weighted by Gasteiger charge is -2.52. The van der Waals surface area contributed by atoms with E-state index < -0.39 is 33.9 Å². The average Bonchev–Trinajstić information content (AvgIpc) is 3.24. The quantitative estimate of drug-likeness (QED) is 0.170. The highest BCUT2D eigenvalue weighted by Crippen LogP contribution is 2.47. The van der Waals surface area contributed by atoms with Gasteiger partial charge in [-0.2, -0.15) is 0 Å².